The van der Waals surface area contributed by atoms with Crippen LogP contribution in [-0.4, -0.2) is 34.6 Å². The fraction of sp³-hybridized carbons (Fsp3) is 0.458. The highest BCUT2D eigenvalue weighted by atomic mass is 32.2. The van der Waals surface area contributed by atoms with Crippen molar-refractivity contribution in [2.45, 2.75) is 77.5 Å². The molecule has 0 aliphatic heterocycles. The molecule has 9 heteroatoms. The first-order chi connectivity index (χ1) is 15.7. The van der Waals surface area contributed by atoms with Gasteiger partial charge in [-0.2, -0.15) is 5.10 Å². The molecule has 0 saturated heterocycles. The second kappa shape index (κ2) is 12.3. The normalized spacial score (nSPS) is 11.9. The van der Waals surface area contributed by atoms with Crippen LogP contribution in [0.3, 0.4) is 0 Å². The largest absolute Gasteiger partial charge is 0.506 e. The zero-order valence-electron chi connectivity index (χ0n) is 19.8. The van der Waals surface area contributed by atoms with Crippen molar-refractivity contribution < 1.29 is 18.3 Å². The Morgan fingerprint density at radius 2 is 1.88 bits per heavy atom. The van der Waals surface area contributed by atoms with Crippen LogP contribution in [0.25, 0.3) is 0 Å². The number of aryl methyl sites for hydroxylation is 1. The van der Waals surface area contributed by atoms with Crippen molar-refractivity contribution in [2.75, 3.05) is 0 Å². The zero-order chi connectivity index (χ0) is 24.4. The SMILES string of the molecule is CCCCCc1ccc(C/C=C(\C)CCC=C(C)C)c(O)c1S(=O)(=O)NC(=O)c1ncn[nH]1. The minimum atomic E-state index is -4.33. The molecule has 180 valence electrons. The Bertz CT molecular complexity index is 1100. The van der Waals surface area contributed by atoms with E-state index in [0.29, 0.717) is 24.0 Å². The first-order valence-corrected chi connectivity index (χ1v) is 12.7. The van der Waals surface area contributed by atoms with Gasteiger partial charge in [0.05, 0.1) is 0 Å². The summed E-state index contributed by atoms with van der Waals surface area (Å²) in [4.78, 5) is 15.7. The molecule has 33 heavy (non-hydrogen) atoms. The molecule has 0 fully saturated rings. The van der Waals surface area contributed by atoms with Gasteiger partial charge < -0.3 is 5.11 Å². The Morgan fingerprint density at radius 1 is 1.15 bits per heavy atom. The molecule has 0 bridgehead atoms. The number of sulfonamides is 1. The van der Waals surface area contributed by atoms with Gasteiger partial charge in [0.1, 0.15) is 17.0 Å². The van der Waals surface area contributed by atoms with Gasteiger partial charge in [0.2, 0.25) is 5.82 Å². The molecule has 0 atom stereocenters. The summed E-state index contributed by atoms with van der Waals surface area (Å²) in [5.41, 5.74) is 3.39. The highest BCUT2D eigenvalue weighted by Gasteiger charge is 2.28. The second-order valence-corrected chi connectivity index (χ2v) is 9.98. The number of nitrogens with zero attached hydrogens (tertiary/aromatic N) is 2. The number of phenols is 1. The van der Waals surface area contributed by atoms with E-state index in [2.05, 4.69) is 42.0 Å². The van der Waals surface area contributed by atoms with Gasteiger partial charge in [-0.05, 0) is 64.0 Å². The summed E-state index contributed by atoms with van der Waals surface area (Å²) in [6, 6.07) is 3.48. The summed E-state index contributed by atoms with van der Waals surface area (Å²) in [6.45, 7) is 8.19. The fourth-order valence-corrected chi connectivity index (χ4v) is 4.74. The van der Waals surface area contributed by atoms with Gasteiger partial charge in [0.25, 0.3) is 10.0 Å². The Balaban J connectivity index is 2.34. The molecule has 1 amide bonds. The zero-order valence-corrected chi connectivity index (χ0v) is 20.6. The average molecular weight is 475 g/mol. The van der Waals surface area contributed by atoms with Crippen molar-refractivity contribution in [3.8, 4) is 5.75 Å². The number of benzene rings is 1. The Kier molecular flexibility index (Phi) is 9.84. The number of rotatable bonds is 12. The fourth-order valence-electron chi connectivity index (χ4n) is 3.39. The number of amides is 1. The number of aromatic amines is 1. The van der Waals surface area contributed by atoms with E-state index in [9.17, 15) is 18.3 Å². The molecule has 3 N–H and O–H groups in total. The number of H-pyrrole nitrogens is 1. The van der Waals surface area contributed by atoms with Crippen LogP contribution < -0.4 is 4.72 Å². The molecule has 1 aromatic carbocycles. The number of aromatic hydroxyl groups is 1. The second-order valence-electron chi connectivity index (χ2n) is 8.36. The molecule has 0 aliphatic rings. The van der Waals surface area contributed by atoms with E-state index in [1.807, 2.05) is 17.7 Å². The van der Waals surface area contributed by atoms with Crippen LogP contribution in [0.5, 0.6) is 5.75 Å². The maximum absolute atomic E-state index is 13.1. The monoisotopic (exact) mass is 474 g/mol. The summed E-state index contributed by atoms with van der Waals surface area (Å²) in [7, 11) is -4.33. The highest BCUT2D eigenvalue weighted by molar-refractivity contribution is 7.90. The van der Waals surface area contributed by atoms with Crippen molar-refractivity contribution in [3.63, 3.8) is 0 Å². The lowest BCUT2D eigenvalue weighted by Gasteiger charge is -2.15. The maximum atomic E-state index is 13.1. The van der Waals surface area contributed by atoms with Crippen LogP contribution in [0, 0.1) is 0 Å². The van der Waals surface area contributed by atoms with Crippen molar-refractivity contribution >= 4 is 15.9 Å². The first kappa shape index (κ1) is 26.3. The van der Waals surface area contributed by atoms with Gasteiger partial charge in [-0.15, -0.1) is 0 Å². The van der Waals surface area contributed by atoms with Crippen LogP contribution in [0.1, 0.15) is 81.5 Å². The summed E-state index contributed by atoms with van der Waals surface area (Å²) in [5.74, 6) is -1.49. The summed E-state index contributed by atoms with van der Waals surface area (Å²) >= 11 is 0. The molecular weight excluding hydrogens is 440 g/mol. The molecule has 2 aromatic rings. The molecule has 1 heterocycles. The summed E-state index contributed by atoms with van der Waals surface area (Å²) in [6.07, 6.45) is 10.6. The van der Waals surface area contributed by atoms with Gasteiger partial charge in [0, 0.05) is 0 Å². The summed E-state index contributed by atoms with van der Waals surface area (Å²) in [5, 5.41) is 16.9. The third-order valence-electron chi connectivity index (χ3n) is 5.23. The van der Waals surface area contributed by atoms with Crippen LogP contribution in [0.4, 0.5) is 0 Å². The lowest BCUT2D eigenvalue weighted by molar-refractivity contribution is 0.0971. The predicted octanol–water partition coefficient (Wildman–Crippen LogP) is 4.60. The molecule has 0 saturated carbocycles. The topological polar surface area (TPSA) is 125 Å². The van der Waals surface area contributed by atoms with Gasteiger partial charge in [0.15, 0.2) is 0 Å². The van der Waals surface area contributed by atoms with Gasteiger partial charge in [-0.3, -0.25) is 9.89 Å². The lowest BCUT2D eigenvalue weighted by atomic mass is 10.0. The van der Waals surface area contributed by atoms with Gasteiger partial charge in [-0.25, -0.2) is 18.1 Å². The van der Waals surface area contributed by atoms with Crippen LogP contribution in [0.2, 0.25) is 0 Å². The Labute approximate surface area is 196 Å². The van der Waals surface area contributed by atoms with E-state index >= 15 is 0 Å². The van der Waals surface area contributed by atoms with Crippen molar-refractivity contribution in [2.24, 2.45) is 0 Å². The van der Waals surface area contributed by atoms with Gasteiger partial charge >= 0.3 is 5.91 Å². The van der Waals surface area contributed by atoms with E-state index in [-0.39, 0.29) is 16.5 Å². The Hall–Kier alpha value is -2.94. The van der Waals surface area contributed by atoms with Crippen molar-refractivity contribution in [1.82, 2.24) is 19.9 Å². The Morgan fingerprint density at radius 3 is 2.52 bits per heavy atom. The number of phenolic OH excluding ortho intramolecular Hbond substituents is 1. The molecule has 0 radical (unpaired) electrons. The number of hydrogen-bond donors (Lipinski definition) is 3. The van der Waals surface area contributed by atoms with E-state index in [1.165, 1.54) is 5.57 Å². The van der Waals surface area contributed by atoms with Crippen molar-refractivity contribution in [1.29, 1.82) is 0 Å². The first-order valence-electron chi connectivity index (χ1n) is 11.2. The van der Waals surface area contributed by atoms with E-state index in [1.54, 1.807) is 12.1 Å². The number of unbranched alkanes of at least 4 members (excludes halogenated alkanes) is 2. The van der Waals surface area contributed by atoms with Crippen molar-refractivity contribution in [3.05, 3.63) is 58.7 Å². The van der Waals surface area contributed by atoms with Crippen LogP contribution >= 0.6 is 0 Å². The van der Waals surface area contributed by atoms with E-state index < -0.39 is 15.9 Å². The van der Waals surface area contributed by atoms with Crippen LogP contribution in [-0.2, 0) is 22.9 Å². The average Bonchev–Trinajstić information content (AvgIpc) is 3.27. The minimum absolute atomic E-state index is 0.225. The number of carbonyl (C=O) groups excluding carboxylic acids is 1. The number of hydrogen-bond acceptors (Lipinski definition) is 6. The molecule has 2 rings (SSSR count). The van der Waals surface area contributed by atoms with Crippen LogP contribution in [0.15, 0.2) is 46.7 Å². The maximum Gasteiger partial charge on any atom is 0.302 e. The third kappa shape index (κ3) is 7.85. The van der Waals surface area contributed by atoms with Gasteiger partial charge in [-0.1, -0.05) is 55.2 Å². The molecular formula is C24H34N4O4S. The standard InChI is InChI=1S/C24H34N4O4S/c1-5-6-7-11-20-15-14-19(13-12-18(4)10-8-9-17(2)3)21(29)22(20)33(31,32)28-24(30)23-25-16-26-27-23/h9,12,14-16,29H,5-8,10-11,13H2,1-4H3,(H,28,30)(H,25,26,27)/b18-12+. The van der Waals surface area contributed by atoms with E-state index in [4.69, 9.17) is 0 Å². The third-order valence-corrected chi connectivity index (χ3v) is 6.68. The lowest BCUT2D eigenvalue weighted by Crippen LogP contribution is -2.32. The molecule has 0 spiro atoms. The quantitative estimate of drug-likeness (QED) is 0.305. The number of aromatic nitrogens is 3. The number of nitrogens with one attached hydrogen (secondary N) is 2. The molecule has 0 unspecified atom stereocenters. The number of allylic oxidation sites excluding steroid dienone is 4. The van der Waals surface area contributed by atoms with E-state index in [0.717, 1.165) is 44.0 Å². The number of carbonyl (C=O) groups is 1. The predicted molar refractivity (Wildman–Crippen MR) is 128 cm³/mol. The highest BCUT2D eigenvalue weighted by Crippen LogP contribution is 2.32. The molecule has 1 aromatic heterocycles. The minimum Gasteiger partial charge on any atom is -0.506 e. The summed E-state index contributed by atoms with van der Waals surface area (Å²) < 4.78 is 28.3. The molecule has 8 nitrogen and oxygen atoms in total. The molecule has 0 aliphatic carbocycles. The smallest absolute Gasteiger partial charge is 0.302 e.